The summed E-state index contributed by atoms with van der Waals surface area (Å²) in [5.41, 5.74) is 4.39. The van der Waals surface area contributed by atoms with E-state index in [-0.39, 0.29) is 11.9 Å². The minimum atomic E-state index is -0.246. The second-order valence-corrected chi connectivity index (χ2v) is 7.22. The molecule has 1 atom stereocenters. The van der Waals surface area contributed by atoms with E-state index < -0.39 is 0 Å². The average molecular weight is 392 g/mol. The zero-order valence-corrected chi connectivity index (χ0v) is 16.0. The van der Waals surface area contributed by atoms with E-state index in [2.05, 4.69) is 39.9 Å². The molecule has 0 saturated carbocycles. The fourth-order valence-corrected chi connectivity index (χ4v) is 3.90. The van der Waals surface area contributed by atoms with Crippen LogP contribution >= 0.6 is 0 Å². The van der Waals surface area contributed by atoms with Crippen molar-refractivity contribution in [2.45, 2.75) is 13.0 Å². The van der Waals surface area contributed by atoms with Crippen LogP contribution in [0.15, 0.2) is 48.5 Å². The second-order valence-electron chi connectivity index (χ2n) is 7.22. The SMILES string of the molecule is Cc1ccccc1C1C=C(c2ccc(N3CCOCC3)c(F)c2)Nc2nnnn21. The molecule has 3 aromatic rings. The first kappa shape index (κ1) is 17.8. The van der Waals surface area contributed by atoms with Gasteiger partial charge in [0.2, 0.25) is 5.95 Å². The van der Waals surface area contributed by atoms with Gasteiger partial charge in [-0.25, -0.2) is 4.39 Å². The minimum Gasteiger partial charge on any atom is -0.378 e. The molecule has 0 spiro atoms. The Balaban J connectivity index is 1.52. The normalized spacial score (nSPS) is 18.8. The molecule has 0 amide bonds. The summed E-state index contributed by atoms with van der Waals surface area (Å²) in [6.07, 6.45) is 2.04. The topological polar surface area (TPSA) is 68.1 Å². The number of allylic oxidation sites excluding steroid dienone is 1. The predicted octanol–water partition coefficient (Wildman–Crippen LogP) is 3.01. The summed E-state index contributed by atoms with van der Waals surface area (Å²) < 4.78 is 22.0. The average Bonchev–Trinajstić information content (AvgIpc) is 3.23. The van der Waals surface area contributed by atoms with Gasteiger partial charge in [-0.2, -0.15) is 4.68 Å². The third kappa shape index (κ3) is 3.25. The highest BCUT2D eigenvalue weighted by molar-refractivity contribution is 5.78. The van der Waals surface area contributed by atoms with Gasteiger partial charge in [-0.1, -0.05) is 35.4 Å². The van der Waals surface area contributed by atoms with Gasteiger partial charge in [0.25, 0.3) is 0 Å². The monoisotopic (exact) mass is 392 g/mol. The van der Waals surface area contributed by atoms with E-state index in [1.807, 2.05) is 35.2 Å². The summed E-state index contributed by atoms with van der Waals surface area (Å²) in [5.74, 6) is 0.290. The first-order valence-electron chi connectivity index (χ1n) is 9.65. The molecular formula is C21H21FN6O. The van der Waals surface area contributed by atoms with Crippen LogP contribution in [0.4, 0.5) is 16.0 Å². The van der Waals surface area contributed by atoms with Crippen LogP contribution in [-0.4, -0.2) is 46.5 Å². The second kappa shape index (κ2) is 7.29. The van der Waals surface area contributed by atoms with Gasteiger partial charge in [0.1, 0.15) is 11.9 Å². The molecule has 8 heteroatoms. The lowest BCUT2D eigenvalue weighted by Crippen LogP contribution is -2.36. The Bertz CT molecular complexity index is 1070. The smallest absolute Gasteiger partial charge is 0.248 e. The summed E-state index contributed by atoms with van der Waals surface area (Å²) in [4.78, 5) is 2.02. The molecule has 3 heterocycles. The molecule has 0 radical (unpaired) electrons. The van der Waals surface area contributed by atoms with Crippen molar-refractivity contribution >= 4 is 17.3 Å². The van der Waals surface area contributed by atoms with Gasteiger partial charge in [-0.3, -0.25) is 0 Å². The summed E-state index contributed by atoms with van der Waals surface area (Å²) in [6, 6.07) is 13.3. The lowest BCUT2D eigenvalue weighted by Gasteiger charge is -2.29. The molecule has 0 bridgehead atoms. The molecule has 2 aromatic carbocycles. The van der Waals surface area contributed by atoms with Gasteiger partial charge in [-0.15, -0.1) is 0 Å². The molecule has 5 rings (SSSR count). The predicted molar refractivity (Wildman–Crippen MR) is 108 cm³/mol. The van der Waals surface area contributed by atoms with Crippen LogP contribution in [0.1, 0.15) is 22.7 Å². The largest absolute Gasteiger partial charge is 0.378 e. The minimum absolute atomic E-state index is 0.167. The van der Waals surface area contributed by atoms with Crippen molar-refractivity contribution in [2.75, 3.05) is 36.5 Å². The lowest BCUT2D eigenvalue weighted by atomic mass is 9.98. The van der Waals surface area contributed by atoms with Gasteiger partial charge >= 0.3 is 0 Å². The molecule has 7 nitrogen and oxygen atoms in total. The number of aromatic nitrogens is 4. The molecule has 148 valence electrons. The van der Waals surface area contributed by atoms with E-state index in [4.69, 9.17) is 4.74 Å². The molecule has 0 aliphatic carbocycles. The Morgan fingerprint density at radius 3 is 2.76 bits per heavy atom. The maximum Gasteiger partial charge on any atom is 0.248 e. The molecule has 2 aliphatic rings. The Morgan fingerprint density at radius 2 is 1.97 bits per heavy atom. The summed E-state index contributed by atoms with van der Waals surface area (Å²) in [5, 5.41) is 15.2. The van der Waals surface area contributed by atoms with Crippen LogP contribution in [0.3, 0.4) is 0 Å². The lowest BCUT2D eigenvalue weighted by molar-refractivity contribution is 0.122. The number of fused-ring (bicyclic) bond motifs is 1. The Labute approximate surface area is 167 Å². The molecule has 1 N–H and O–H groups in total. The summed E-state index contributed by atoms with van der Waals surface area (Å²) in [7, 11) is 0. The third-order valence-electron chi connectivity index (χ3n) is 5.44. The van der Waals surface area contributed by atoms with Crippen molar-refractivity contribution in [3.63, 3.8) is 0 Å². The van der Waals surface area contributed by atoms with E-state index in [0.717, 1.165) is 22.4 Å². The van der Waals surface area contributed by atoms with Crippen LogP contribution in [0.5, 0.6) is 0 Å². The number of rotatable bonds is 3. The number of halogens is 1. The van der Waals surface area contributed by atoms with Crippen LogP contribution in [0, 0.1) is 12.7 Å². The number of hydrogen-bond acceptors (Lipinski definition) is 6. The highest BCUT2D eigenvalue weighted by atomic mass is 19.1. The number of nitrogens with zero attached hydrogens (tertiary/aromatic N) is 5. The van der Waals surface area contributed by atoms with E-state index in [0.29, 0.717) is 37.9 Å². The Kier molecular flexibility index (Phi) is 4.48. The molecule has 1 aromatic heterocycles. The molecule has 1 fully saturated rings. The third-order valence-corrected chi connectivity index (χ3v) is 5.44. The van der Waals surface area contributed by atoms with Gasteiger partial charge < -0.3 is 15.0 Å². The highest BCUT2D eigenvalue weighted by Crippen LogP contribution is 2.34. The Morgan fingerprint density at radius 1 is 1.14 bits per heavy atom. The van der Waals surface area contributed by atoms with E-state index in [9.17, 15) is 4.39 Å². The van der Waals surface area contributed by atoms with Crippen LogP contribution in [-0.2, 0) is 4.74 Å². The van der Waals surface area contributed by atoms with Gasteiger partial charge in [0.05, 0.1) is 18.9 Å². The summed E-state index contributed by atoms with van der Waals surface area (Å²) >= 11 is 0. The van der Waals surface area contributed by atoms with Crippen molar-refractivity contribution in [2.24, 2.45) is 0 Å². The van der Waals surface area contributed by atoms with Gasteiger partial charge in [0.15, 0.2) is 0 Å². The Hall–Kier alpha value is -3.26. The zero-order valence-electron chi connectivity index (χ0n) is 16.0. The van der Waals surface area contributed by atoms with E-state index >= 15 is 0 Å². The summed E-state index contributed by atoms with van der Waals surface area (Å²) in [6.45, 7) is 4.69. The van der Waals surface area contributed by atoms with Gasteiger partial charge in [-0.05, 0) is 46.7 Å². The van der Waals surface area contributed by atoms with E-state index in [1.165, 1.54) is 0 Å². The number of anilines is 2. The number of morpholine rings is 1. The number of ether oxygens (including phenoxy) is 1. The first-order valence-corrected chi connectivity index (χ1v) is 9.65. The van der Waals surface area contributed by atoms with Crippen molar-refractivity contribution in [3.8, 4) is 0 Å². The van der Waals surface area contributed by atoms with Crippen LogP contribution in [0.2, 0.25) is 0 Å². The first-order chi connectivity index (χ1) is 14.2. The van der Waals surface area contributed by atoms with Crippen molar-refractivity contribution in [1.82, 2.24) is 20.2 Å². The molecule has 2 aliphatic heterocycles. The molecule has 1 saturated heterocycles. The number of aryl methyl sites for hydroxylation is 1. The fourth-order valence-electron chi connectivity index (χ4n) is 3.90. The number of hydrogen-bond donors (Lipinski definition) is 1. The number of benzene rings is 2. The maximum absolute atomic E-state index is 14.9. The molecule has 29 heavy (non-hydrogen) atoms. The molecular weight excluding hydrogens is 371 g/mol. The maximum atomic E-state index is 14.9. The zero-order chi connectivity index (χ0) is 19.8. The van der Waals surface area contributed by atoms with Crippen LogP contribution in [0.25, 0.3) is 5.70 Å². The standard InChI is InChI=1S/C21H21FN6O/c1-14-4-2-3-5-16(14)20-13-18(23-21-24-25-26-28(20)21)15-6-7-19(17(22)12-15)27-8-10-29-11-9-27/h2-7,12-13,20H,8-11H2,1H3,(H,23,24,26). The number of nitrogens with one attached hydrogen (secondary N) is 1. The van der Waals surface area contributed by atoms with Crippen LogP contribution < -0.4 is 10.2 Å². The quantitative estimate of drug-likeness (QED) is 0.739. The van der Waals surface area contributed by atoms with Crippen molar-refractivity contribution in [1.29, 1.82) is 0 Å². The van der Waals surface area contributed by atoms with Crippen molar-refractivity contribution < 1.29 is 9.13 Å². The number of tetrazole rings is 1. The fraction of sp³-hybridized carbons (Fsp3) is 0.286. The van der Waals surface area contributed by atoms with Crippen molar-refractivity contribution in [3.05, 3.63) is 71.0 Å². The van der Waals surface area contributed by atoms with E-state index in [1.54, 1.807) is 10.7 Å². The van der Waals surface area contributed by atoms with Gasteiger partial charge in [0, 0.05) is 24.4 Å². The molecule has 1 unspecified atom stereocenters. The highest BCUT2D eigenvalue weighted by Gasteiger charge is 2.26.